The van der Waals surface area contributed by atoms with E-state index >= 15 is 0 Å². The highest BCUT2D eigenvalue weighted by molar-refractivity contribution is 7.89. The summed E-state index contributed by atoms with van der Waals surface area (Å²) >= 11 is 0. The number of methoxy groups -OCH3 is 1. The smallest absolute Gasteiger partial charge is 0.246 e. The van der Waals surface area contributed by atoms with Crippen LogP contribution in [0.4, 0.5) is 0 Å². The van der Waals surface area contributed by atoms with E-state index in [1.165, 1.54) is 21.4 Å². The van der Waals surface area contributed by atoms with Crippen molar-refractivity contribution in [1.29, 1.82) is 0 Å². The second-order valence-corrected chi connectivity index (χ2v) is 6.44. The zero-order valence-corrected chi connectivity index (χ0v) is 11.7. The topological polar surface area (TPSA) is 84.7 Å². The van der Waals surface area contributed by atoms with Crippen LogP contribution < -0.4 is 0 Å². The van der Waals surface area contributed by atoms with Gasteiger partial charge in [-0.3, -0.25) is 4.68 Å². The molecule has 0 saturated carbocycles. The van der Waals surface area contributed by atoms with Crippen LogP contribution in [0.5, 0.6) is 0 Å². The molecule has 0 unspecified atom stereocenters. The minimum absolute atomic E-state index is 0.0690. The zero-order valence-electron chi connectivity index (χ0n) is 10.9. The molecule has 0 aliphatic carbocycles. The molecule has 0 amide bonds. The van der Waals surface area contributed by atoms with Crippen molar-refractivity contribution in [1.82, 2.24) is 14.1 Å². The molecule has 1 fully saturated rings. The number of hydrogen-bond donors (Lipinski definition) is 1. The van der Waals surface area contributed by atoms with Gasteiger partial charge in [0.15, 0.2) is 0 Å². The first-order valence-corrected chi connectivity index (χ1v) is 7.68. The third-order valence-corrected chi connectivity index (χ3v) is 5.16. The van der Waals surface area contributed by atoms with Crippen molar-refractivity contribution in [3.8, 4) is 0 Å². The first kappa shape index (κ1) is 14.4. The quantitative estimate of drug-likeness (QED) is 0.802. The predicted molar refractivity (Wildman–Crippen MR) is 68.1 cm³/mol. The van der Waals surface area contributed by atoms with E-state index in [2.05, 4.69) is 5.10 Å². The highest BCUT2D eigenvalue weighted by Gasteiger charge is 2.30. The predicted octanol–water partition coefficient (Wildman–Crippen LogP) is -0.325. The maximum atomic E-state index is 12.4. The lowest BCUT2D eigenvalue weighted by atomic mass is 10.1. The molecule has 108 valence electrons. The average Bonchev–Trinajstić information content (AvgIpc) is 2.89. The molecule has 7 nitrogen and oxygen atoms in total. The molecule has 0 bridgehead atoms. The van der Waals surface area contributed by atoms with Gasteiger partial charge in [0.1, 0.15) is 4.90 Å². The number of rotatable bonds is 5. The molecule has 2 heterocycles. The Morgan fingerprint density at radius 1 is 1.47 bits per heavy atom. The van der Waals surface area contributed by atoms with Gasteiger partial charge in [0.25, 0.3) is 0 Å². The fourth-order valence-electron chi connectivity index (χ4n) is 2.16. The summed E-state index contributed by atoms with van der Waals surface area (Å²) in [5, 5.41) is 12.7. The van der Waals surface area contributed by atoms with Gasteiger partial charge in [-0.2, -0.15) is 9.40 Å². The molecule has 8 heteroatoms. The number of piperidine rings is 1. The molecular weight excluding hydrogens is 270 g/mol. The Labute approximate surface area is 112 Å². The number of aliphatic hydroxyl groups is 1. The lowest BCUT2D eigenvalue weighted by Crippen LogP contribution is -2.40. The van der Waals surface area contributed by atoms with Crippen LogP contribution in [-0.4, -0.2) is 60.5 Å². The van der Waals surface area contributed by atoms with Crippen LogP contribution in [0, 0.1) is 0 Å². The first-order valence-electron chi connectivity index (χ1n) is 6.24. The lowest BCUT2D eigenvalue weighted by molar-refractivity contribution is 0.0604. The van der Waals surface area contributed by atoms with Gasteiger partial charge in [0, 0.05) is 26.4 Å². The van der Waals surface area contributed by atoms with E-state index in [-0.39, 0.29) is 17.6 Å². The highest BCUT2D eigenvalue weighted by atomic mass is 32.2. The Bertz CT molecular complexity index is 506. The Balaban J connectivity index is 2.09. The molecule has 1 N–H and O–H groups in total. The zero-order chi connectivity index (χ0) is 13.9. The van der Waals surface area contributed by atoms with Gasteiger partial charge in [-0.15, -0.1) is 0 Å². The van der Waals surface area contributed by atoms with Crippen LogP contribution in [0.1, 0.15) is 12.8 Å². The standard InChI is InChI=1S/C11H19N3O4S/c1-18-10-2-4-14(5-3-10)19(16,17)11-8-12-13(9-11)6-7-15/h8-10,15H,2-7H2,1H3. The Kier molecular flexibility index (Phi) is 4.56. The van der Waals surface area contributed by atoms with E-state index in [0.717, 1.165) is 0 Å². The van der Waals surface area contributed by atoms with Gasteiger partial charge in [-0.25, -0.2) is 8.42 Å². The lowest BCUT2D eigenvalue weighted by Gasteiger charge is -2.29. The van der Waals surface area contributed by atoms with E-state index in [0.29, 0.717) is 32.5 Å². The number of nitrogens with zero attached hydrogens (tertiary/aromatic N) is 3. The molecular formula is C11H19N3O4S. The highest BCUT2D eigenvalue weighted by Crippen LogP contribution is 2.21. The summed E-state index contributed by atoms with van der Waals surface area (Å²) in [6.07, 6.45) is 4.34. The molecule has 0 spiro atoms. The molecule has 1 aromatic heterocycles. The van der Waals surface area contributed by atoms with E-state index in [4.69, 9.17) is 9.84 Å². The normalized spacial score (nSPS) is 18.8. The largest absolute Gasteiger partial charge is 0.394 e. The number of sulfonamides is 1. The number of hydrogen-bond acceptors (Lipinski definition) is 5. The van der Waals surface area contributed by atoms with Crippen molar-refractivity contribution in [3.63, 3.8) is 0 Å². The van der Waals surface area contributed by atoms with Crippen molar-refractivity contribution in [2.24, 2.45) is 0 Å². The van der Waals surface area contributed by atoms with Crippen LogP contribution in [0.3, 0.4) is 0 Å². The van der Waals surface area contributed by atoms with Crippen molar-refractivity contribution in [2.45, 2.75) is 30.4 Å². The van der Waals surface area contributed by atoms with Crippen molar-refractivity contribution in [2.75, 3.05) is 26.8 Å². The second kappa shape index (κ2) is 6.00. The van der Waals surface area contributed by atoms with Gasteiger partial charge in [0.05, 0.1) is 25.5 Å². The minimum atomic E-state index is -3.48. The number of aromatic nitrogens is 2. The Morgan fingerprint density at radius 2 is 2.16 bits per heavy atom. The van der Waals surface area contributed by atoms with Gasteiger partial charge in [-0.1, -0.05) is 0 Å². The number of ether oxygens (including phenoxy) is 1. The summed E-state index contributed by atoms with van der Waals surface area (Å²) in [5.74, 6) is 0. The molecule has 0 radical (unpaired) electrons. The maximum Gasteiger partial charge on any atom is 0.246 e. The van der Waals surface area contributed by atoms with Crippen LogP contribution in [-0.2, 0) is 21.3 Å². The van der Waals surface area contributed by atoms with E-state index < -0.39 is 10.0 Å². The minimum Gasteiger partial charge on any atom is -0.394 e. The van der Waals surface area contributed by atoms with Crippen LogP contribution >= 0.6 is 0 Å². The van der Waals surface area contributed by atoms with E-state index in [1.807, 2.05) is 0 Å². The summed E-state index contributed by atoms with van der Waals surface area (Å²) in [6, 6.07) is 0. The summed E-state index contributed by atoms with van der Waals surface area (Å²) in [6.45, 7) is 1.15. The third-order valence-electron chi connectivity index (χ3n) is 3.31. The van der Waals surface area contributed by atoms with Crippen molar-refractivity contribution < 1.29 is 18.3 Å². The average molecular weight is 289 g/mol. The Hall–Kier alpha value is -0.960. The second-order valence-electron chi connectivity index (χ2n) is 4.50. The summed E-state index contributed by atoms with van der Waals surface area (Å²) in [4.78, 5) is 0.178. The molecule has 2 rings (SSSR count). The molecule has 1 aliphatic heterocycles. The summed E-state index contributed by atoms with van der Waals surface area (Å²) < 4.78 is 32.9. The van der Waals surface area contributed by atoms with Gasteiger partial charge in [-0.05, 0) is 12.8 Å². The SMILES string of the molecule is COC1CCN(S(=O)(=O)c2cnn(CCO)c2)CC1. The fourth-order valence-corrected chi connectivity index (χ4v) is 3.58. The number of aliphatic hydroxyl groups excluding tert-OH is 1. The van der Waals surface area contributed by atoms with Crippen LogP contribution in [0.2, 0.25) is 0 Å². The van der Waals surface area contributed by atoms with Crippen LogP contribution in [0.15, 0.2) is 17.3 Å². The summed E-state index contributed by atoms with van der Waals surface area (Å²) in [7, 11) is -1.83. The first-order chi connectivity index (χ1) is 9.07. The fraction of sp³-hybridized carbons (Fsp3) is 0.727. The van der Waals surface area contributed by atoms with Crippen molar-refractivity contribution in [3.05, 3.63) is 12.4 Å². The van der Waals surface area contributed by atoms with Gasteiger partial charge < -0.3 is 9.84 Å². The summed E-state index contributed by atoms with van der Waals surface area (Å²) in [5.41, 5.74) is 0. The molecule has 1 aromatic rings. The molecule has 0 atom stereocenters. The molecule has 1 saturated heterocycles. The Morgan fingerprint density at radius 3 is 2.74 bits per heavy atom. The molecule has 0 aromatic carbocycles. The monoisotopic (exact) mass is 289 g/mol. The van der Waals surface area contributed by atoms with E-state index in [1.54, 1.807) is 7.11 Å². The van der Waals surface area contributed by atoms with Gasteiger partial charge in [0.2, 0.25) is 10.0 Å². The van der Waals surface area contributed by atoms with E-state index in [9.17, 15) is 8.42 Å². The van der Waals surface area contributed by atoms with Gasteiger partial charge >= 0.3 is 0 Å². The third kappa shape index (κ3) is 3.14. The molecule has 1 aliphatic rings. The molecule has 19 heavy (non-hydrogen) atoms. The maximum absolute atomic E-state index is 12.4. The van der Waals surface area contributed by atoms with Crippen LogP contribution in [0.25, 0.3) is 0 Å². The van der Waals surface area contributed by atoms with Crippen molar-refractivity contribution >= 4 is 10.0 Å².